The van der Waals surface area contributed by atoms with Crippen LogP contribution in [0.5, 0.6) is 0 Å². The second-order valence-corrected chi connectivity index (χ2v) is 9.75. The van der Waals surface area contributed by atoms with Gasteiger partial charge in [-0.25, -0.2) is 9.37 Å². The largest absolute Gasteiger partial charge is 0.365 e. The minimum atomic E-state index is -0.381. The van der Waals surface area contributed by atoms with Gasteiger partial charge in [0, 0.05) is 56.3 Å². The maximum absolute atomic E-state index is 13.1. The zero-order valence-electron chi connectivity index (χ0n) is 22.1. The van der Waals surface area contributed by atoms with Gasteiger partial charge in [-0.2, -0.15) is 4.98 Å². The third-order valence-electron chi connectivity index (χ3n) is 6.84. The number of nitrogens with zero attached hydrogens (tertiary/aromatic N) is 4. The number of amides is 2. The number of hydrogen-bond donors (Lipinski definition) is 2. The van der Waals surface area contributed by atoms with Gasteiger partial charge in [0.2, 0.25) is 11.9 Å². The van der Waals surface area contributed by atoms with Gasteiger partial charge in [-0.15, -0.1) is 0 Å². The summed E-state index contributed by atoms with van der Waals surface area (Å²) >= 11 is 0. The molecule has 1 aliphatic heterocycles. The van der Waals surface area contributed by atoms with Gasteiger partial charge in [0.1, 0.15) is 11.6 Å². The first-order chi connectivity index (χ1) is 18.9. The van der Waals surface area contributed by atoms with E-state index in [1.165, 1.54) is 24.3 Å². The number of carbonyl (C=O) groups is 2. The molecule has 0 aliphatic carbocycles. The molecule has 1 aliphatic rings. The normalized spacial score (nSPS) is 13.7. The molecule has 0 unspecified atom stereocenters. The van der Waals surface area contributed by atoms with Crippen LogP contribution in [0.2, 0.25) is 0 Å². The summed E-state index contributed by atoms with van der Waals surface area (Å²) in [6.45, 7) is 7.04. The Bertz CT molecular complexity index is 1490. The third kappa shape index (κ3) is 6.31. The highest BCUT2D eigenvalue weighted by Gasteiger charge is 2.20. The van der Waals surface area contributed by atoms with Gasteiger partial charge in [-0.05, 0) is 73.0 Å². The van der Waals surface area contributed by atoms with E-state index in [0.717, 1.165) is 47.4 Å². The first kappa shape index (κ1) is 26.1. The number of nitrogens with one attached hydrogen (secondary N) is 2. The van der Waals surface area contributed by atoms with Crippen molar-refractivity contribution >= 4 is 40.2 Å². The quantitative estimate of drug-likeness (QED) is 0.368. The Kier molecular flexibility index (Phi) is 7.67. The number of hydrogen-bond acceptors (Lipinski definition) is 6. The van der Waals surface area contributed by atoms with Crippen molar-refractivity contribution in [1.82, 2.24) is 14.9 Å². The van der Waals surface area contributed by atoms with E-state index < -0.39 is 0 Å². The van der Waals surface area contributed by atoms with E-state index in [1.54, 1.807) is 6.92 Å². The van der Waals surface area contributed by atoms with Gasteiger partial charge < -0.3 is 20.4 Å². The molecule has 39 heavy (non-hydrogen) atoms. The zero-order valence-corrected chi connectivity index (χ0v) is 22.1. The van der Waals surface area contributed by atoms with Crippen molar-refractivity contribution in [3.05, 3.63) is 89.2 Å². The van der Waals surface area contributed by atoms with Gasteiger partial charge >= 0.3 is 0 Å². The van der Waals surface area contributed by atoms with Crippen LogP contribution in [-0.2, 0) is 11.3 Å². The topological polar surface area (TPSA) is 90.5 Å². The van der Waals surface area contributed by atoms with Gasteiger partial charge in [0.15, 0.2) is 0 Å². The average molecular weight is 527 g/mol. The van der Waals surface area contributed by atoms with Gasteiger partial charge in [-0.3, -0.25) is 9.59 Å². The Hall–Kier alpha value is -4.53. The summed E-state index contributed by atoms with van der Waals surface area (Å²) in [5.41, 5.74) is 4.05. The van der Waals surface area contributed by atoms with Crippen LogP contribution in [0.25, 0.3) is 10.9 Å². The Morgan fingerprint density at radius 2 is 1.69 bits per heavy atom. The van der Waals surface area contributed by atoms with E-state index >= 15 is 0 Å². The van der Waals surface area contributed by atoms with Gasteiger partial charge in [0.25, 0.3) is 5.91 Å². The van der Waals surface area contributed by atoms with Crippen LogP contribution in [0.15, 0.2) is 66.7 Å². The van der Waals surface area contributed by atoms with E-state index in [2.05, 4.69) is 21.6 Å². The molecule has 1 aromatic heterocycles. The zero-order chi connectivity index (χ0) is 27.4. The van der Waals surface area contributed by atoms with Crippen molar-refractivity contribution in [2.45, 2.75) is 26.8 Å². The lowest BCUT2D eigenvalue weighted by atomic mass is 10.1. The fraction of sp³-hybridized carbons (Fsp3) is 0.267. The molecule has 2 amide bonds. The molecular weight excluding hydrogens is 495 g/mol. The summed E-state index contributed by atoms with van der Waals surface area (Å²) in [6.07, 6.45) is 0.863. The highest BCUT2D eigenvalue weighted by atomic mass is 19.1. The molecule has 0 atom stereocenters. The highest BCUT2D eigenvalue weighted by molar-refractivity contribution is 6.04. The standard InChI is InChI=1S/C30H31FN6O2/c1-20-4-13-26-27(18-20)34-30(37-15-3-14-36(16-17-37)21(2)38)35-28(26)32-19-22-5-11-25(12-6-22)33-29(39)23-7-9-24(31)10-8-23/h4-13,18H,3,14-17,19H2,1-2H3,(H,33,39)(H,32,34,35). The van der Waals surface area contributed by atoms with E-state index in [1.807, 2.05) is 48.2 Å². The highest BCUT2D eigenvalue weighted by Crippen LogP contribution is 2.26. The van der Waals surface area contributed by atoms with Crippen molar-refractivity contribution in [2.24, 2.45) is 0 Å². The molecular formula is C30H31FN6O2. The second kappa shape index (κ2) is 11.5. The van der Waals surface area contributed by atoms with Gasteiger partial charge in [0.05, 0.1) is 5.52 Å². The number of halogens is 1. The van der Waals surface area contributed by atoms with Crippen molar-refractivity contribution in [3.63, 3.8) is 0 Å². The average Bonchev–Trinajstić information content (AvgIpc) is 3.19. The minimum Gasteiger partial charge on any atom is -0.365 e. The summed E-state index contributed by atoms with van der Waals surface area (Å²) < 4.78 is 13.1. The van der Waals surface area contributed by atoms with Crippen LogP contribution in [0.1, 0.15) is 34.8 Å². The van der Waals surface area contributed by atoms with Crippen LogP contribution >= 0.6 is 0 Å². The lowest BCUT2D eigenvalue weighted by Crippen LogP contribution is -2.34. The van der Waals surface area contributed by atoms with Crippen LogP contribution in [0, 0.1) is 12.7 Å². The number of fused-ring (bicyclic) bond motifs is 1. The molecule has 2 N–H and O–H groups in total. The smallest absolute Gasteiger partial charge is 0.255 e. The molecule has 5 rings (SSSR count). The fourth-order valence-corrected chi connectivity index (χ4v) is 4.63. The molecule has 0 radical (unpaired) electrons. The monoisotopic (exact) mass is 526 g/mol. The van der Waals surface area contributed by atoms with E-state index in [0.29, 0.717) is 36.8 Å². The number of benzene rings is 3. The summed E-state index contributed by atoms with van der Waals surface area (Å²) in [4.78, 5) is 38.1. The molecule has 2 heterocycles. The van der Waals surface area contributed by atoms with Gasteiger partial charge in [-0.1, -0.05) is 18.2 Å². The molecule has 3 aromatic carbocycles. The van der Waals surface area contributed by atoms with Crippen LogP contribution < -0.4 is 15.5 Å². The van der Waals surface area contributed by atoms with Crippen LogP contribution in [0.4, 0.5) is 21.8 Å². The number of rotatable bonds is 6. The van der Waals surface area contributed by atoms with E-state index in [-0.39, 0.29) is 17.6 Å². The summed E-state index contributed by atoms with van der Waals surface area (Å²) in [7, 11) is 0. The van der Waals surface area contributed by atoms with Crippen molar-refractivity contribution in [1.29, 1.82) is 0 Å². The fourth-order valence-electron chi connectivity index (χ4n) is 4.63. The number of anilines is 3. The predicted octanol–water partition coefficient (Wildman–Crippen LogP) is 5.00. The lowest BCUT2D eigenvalue weighted by Gasteiger charge is -2.22. The van der Waals surface area contributed by atoms with E-state index in [9.17, 15) is 14.0 Å². The molecule has 8 nitrogen and oxygen atoms in total. The third-order valence-corrected chi connectivity index (χ3v) is 6.84. The maximum atomic E-state index is 13.1. The number of carbonyl (C=O) groups excluding carboxylic acids is 2. The summed E-state index contributed by atoms with van der Waals surface area (Å²) in [6, 6.07) is 19.1. The lowest BCUT2D eigenvalue weighted by molar-refractivity contribution is -0.128. The molecule has 9 heteroatoms. The Morgan fingerprint density at radius 1 is 0.923 bits per heavy atom. The SMILES string of the molecule is CC(=O)N1CCCN(c2nc(NCc3ccc(NC(=O)c4ccc(F)cc4)cc3)c3ccc(C)cc3n2)CC1. The van der Waals surface area contributed by atoms with Crippen molar-refractivity contribution in [2.75, 3.05) is 41.7 Å². The predicted molar refractivity (Wildman–Crippen MR) is 151 cm³/mol. The molecule has 4 aromatic rings. The number of aryl methyl sites for hydroxylation is 1. The first-order valence-corrected chi connectivity index (χ1v) is 13.0. The minimum absolute atomic E-state index is 0.0929. The maximum Gasteiger partial charge on any atom is 0.255 e. The molecule has 0 spiro atoms. The summed E-state index contributed by atoms with van der Waals surface area (Å²) in [5.74, 6) is 0.816. The second-order valence-electron chi connectivity index (χ2n) is 9.75. The van der Waals surface area contributed by atoms with E-state index in [4.69, 9.17) is 9.97 Å². The van der Waals surface area contributed by atoms with Crippen molar-refractivity contribution in [3.8, 4) is 0 Å². The molecule has 200 valence electrons. The molecule has 0 saturated carbocycles. The molecule has 1 fully saturated rings. The van der Waals surface area contributed by atoms with Crippen LogP contribution in [0.3, 0.4) is 0 Å². The molecule has 0 bridgehead atoms. The Morgan fingerprint density at radius 3 is 2.44 bits per heavy atom. The first-order valence-electron chi connectivity index (χ1n) is 13.0. The molecule has 1 saturated heterocycles. The number of aromatic nitrogens is 2. The summed E-state index contributed by atoms with van der Waals surface area (Å²) in [5, 5.41) is 7.24. The van der Waals surface area contributed by atoms with Crippen LogP contribution in [-0.4, -0.2) is 52.9 Å². The van der Waals surface area contributed by atoms with Crippen molar-refractivity contribution < 1.29 is 14.0 Å². The Balaban J connectivity index is 1.31. The Labute approximate surface area is 226 Å².